The van der Waals surface area contributed by atoms with Crippen LogP contribution in [0.2, 0.25) is 5.02 Å². The molecule has 0 fully saturated rings. The Morgan fingerprint density at radius 2 is 2.06 bits per heavy atom. The summed E-state index contributed by atoms with van der Waals surface area (Å²) < 4.78 is 11.5. The summed E-state index contributed by atoms with van der Waals surface area (Å²) in [6.45, 7) is 4.83. The Balaban J connectivity index is 1.81. The van der Waals surface area contributed by atoms with Crippen LogP contribution in [-0.2, 0) is 11.2 Å². The lowest BCUT2D eigenvalue weighted by Gasteiger charge is -2.23. The minimum Gasteiger partial charge on any atom is -0.488 e. The number of fused-ring (bicyclic) bond motifs is 1. The molecule has 8 heteroatoms. The van der Waals surface area contributed by atoms with Crippen molar-refractivity contribution >= 4 is 28.9 Å². The Hall–Kier alpha value is -3.03. The molecule has 31 heavy (non-hydrogen) atoms. The number of hydrogen-bond acceptors (Lipinski definition) is 5. The number of aromatic amines is 1. The van der Waals surface area contributed by atoms with Crippen LogP contribution in [0.5, 0.6) is 5.75 Å². The largest absolute Gasteiger partial charge is 0.488 e. The Labute approximate surface area is 186 Å². The molecule has 0 atom stereocenters. The lowest BCUT2D eigenvalue weighted by atomic mass is 10.0. The zero-order valence-electron chi connectivity index (χ0n) is 17.7. The Kier molecular flexibility index (Phi) is 5.89. The molecule has 1 aliphatic heterocycles. The number of pyridine rings is 1. The van der Waals surface area contributed by atoms with Crippen LogP contribution in [0.15, 0.2) is 42.7 Å². The number of amides is 1. The molecule has 0 aliphatic carbocycles. The number of hydrogen-bond donors (Lipinski definition) is 3. The molecule has 0 unspecified atom stereocenters. The molecule has 2 aromatic heterocycles. The number of aromatic nitrogens is 2. The van der Waals surface area contributed by atoms with Crippen molar-refractivity contribution in [3.63, 3.8) is 0 Å². The Morgan fingerprint density at radius 3 is 2.84 bits per heavy atom. The van der Waals surface area contributed by atoms with E-state index in [1.165, 1.54) is 0 Å². The third-order valence-corrected chi connectivity index (χ3v) is 5.61. The van der Waals surface area contributed by atoms with Gasteiger partial charge in [0, 0.05) is 37.5 Å². The molecule has 3 aromatic rings. The van der Waals surface area contributed by atoms with E-state index in [0.29, 0.717) is 47.3 Å². The van der Waals surface area contributed by atoms with Crippen LogP contribution in [0.4, 0.5) is 11.4 Å². The van der Waals surface area contributed by atoms with Crippen LogP contribution in [0.1, 0.15) is 29.9 Å². The number of methoxy groups -OCH3 is 1. The Bertz CT molecular complexity index is 1110. The molecule has 1 aliphatic rings. The monoisotopic (exact) mass is 440 g/mol. The van der Waals surface area contributed by atoms with Crippen molar-refractivity contribution in [2.75, 3.05) is 25.6 Å². The summed E-state index contributed by atoms with van der Waals surface area (Å²) in [5.74, 6) is 0.462. The Morgan fingerprint density at radius 1 is 1.26 bits per heavy atom. The average Bonchev–Trinajstić information content (AvgIpc) is 3.13. The molecule has 3 heterocycles. The normalized spacial score (nSPS) is 13.5. The van der Waals surface area contributed by atoms with Gasteiger partial charge in [0.15, 0.2) is 0 Å². The maximum atomic E-state index is 12.7. The highest BCUT2D eigenvalue weighted by Gasteiger charge is 2.29. The number of rotatable bonds is 7. The first-order valence-corrected chi connectivity index (χ1v) is 10.4. The van der Waals surface area contributed by atoms with Crippen molar-refractivity contribution in [2.24, 2.45) is 0 Å². The molecule has 3 N–H and O–H groups in total. The standard InChI is InChI=1S/C23H25ClN4O3/c1-23(2,30-3)13-31-18-12-25-10-8-14(18)20-21(27-16-7-5-4-6-15(16)24)19-17(28-20)9-11-26-22(19)29/h4-8,10,12,27-28H,9,11,13H2,1-3H3,(H,26,29). The van der Waals surface area contributed by atoms with Crippen molar-refractivity contribution < 1.29 is 14.3 Å². The molecule has 0 saturated heterocycles. The highest BCUT2D eigenvalue weighted by molar-refractivity contribution is 6.33. The summed E-state index contributed by atoms with van der Waals surface area (Å²) in [6, 6.07) is 9.29. The molecular formula is C23H25ClN4O3. The van der Waals surface area contributed by atoms with Gasteiger partial charge >= 0.3 is 0 Å². The molecule has 0 radical (unpaired) electrons. The maximum Gasteiger partial charge on any atom is 0.255 e. The number of carbonyl (C=O) groups excluding carboxylic acids is 1. The molecule has 0 saturated carbocycles. The van der Waals surface area contributed by atoms with Gasteiger partial charge < -0.3 is 25.1 Å². The van der Waals surface area contributed by atoms with E-state index in [4.69, 9.17) is 21.1 Å². The van der Waals surface area contributed by atoms with Crippen LogP contribution in [-0.4, -0.2) is 41.7 Å². The first kappa shape index (κ1) is 21.2. The molecular weight excluding hydrogens is 416 g/mol. The van der Waals surface area contributed by atoms with Gasteiger partial charge in [0.25, 0.3) is 5.91 Å². The SMILES string of the molecule is COC(C)(C)COc1cnccc1-c1[nH]c2c(c1Nc1ccccc1Cl)C(=O)NCC2. The van der Waals surface area contributed by atoms with Crippen molar-refractivity contribution in [3.8, 4) is 17.0 Å². The van der Waals surface area contributed by atoms with Gasteiger partial charge in [0.05, 0.1) is 39.5 Å². The fourth-order valence-corrected chi connectivity index (χ4v) is 3.60. The van der Waals surface area contributed by atoms with Crippen molar-refractivity contribution in [2.45, 2.75) is 25.9 Å². The molecule has 1 aromatic carbocycles. The number of carbonyl (C=O) groups is 1. The second-order valence-corrected chi connectivity index (χ2v) is 8.37. The minimum atomic E-state index is -0.458. The highest BCUT2D eigenvalue weighted by Crippen LogP contribution is 2.41. The predicted molar refractivity (Wildman–Crippen MR) is 121 cm³/mol. The molecule has 0 bridgehead atoms. The first-order valence-electron chi connectivity index (χ1n) is 10.1. The van der Waals surface area contributed by atoms with Crippen LogP contribution >= 0.6 is 11.6 Å². The summed E-state index contributed by atoms with van der Waals surface area (Å²) in [7, 11) is 1.65. The van der Waals surface area contributed by atoms with Gasteiger partial charge in [-0.3, -0.25) is 9.78 Å². The second-order valence-electron chi connectivity index (χ2n) is 7.96. The third kappa shape index (κ3) is 4.38. The number of halogens is 1. The molecule has 7 nitrogen and oxygen atoms in total. The summed E-state index contributed by atoms with van der Waals surface area (Å²) in [5, 5.41) is 6.85. The number of H-pyrrole nitrogens is 1. The van der Waals surface area contributed by atoms with Gasteiger partial charge in [0.2, 0.25) is 0 Å². The summed E-state index contributed by atoms with van der Waals surface area (Å²) in [5.41, 5.74) is 3.90. The van der Waals surface area contributed by atoms with Gasteiger partial charge in [-0.25, -0.2) is 0 Å². The van der Waals surface area contributed by atoms with Gasteiger partial charge in [-0.1, -0.05) is 23.7 Å². The predicted octanol–water partition coefficient (Wildman–Crippen LogP) is 4.56. The van der Waals surface area contributed by atoms with Crippen molar-refractivity contribution in [3.05, 3.63) is 59.0 Å². The van der Waals surface area contributed by atoms with Crippen LogP contribution in [0, 0.1) is 0 Å². The van der Waals surface area contributed by atoms with Gasteiger partial charge in [-0.15, -0.1) is 0 Å². The molecule has 162 valence electrons. The highest BCUT2D eigenvalue weighted by atomic mass is 35.5. The number of para-hydroxylation sites is 1. The van der Waals surface area contributed by atoms with Gasteiger partial charge in [-0.05, 0) is 32.0 Å². The van der Waals surface area contributed by atoms with E-state index in [9.17, 15) is 4.79 Å². The minimum absolute atomic E-state index is 0.129. The van der Waals surface area contributed by atoms with Gasteiger partial charge in [0.1, 0.15) is 12.4 Å². The fourth-order valence-electron chi connectivity index (χ4n) is 3.42. The number of anilines is 2. The summed E-state index contributed by atoms with van der Waals surface area (Å²) >= 11 is 6.38. The quantitative estimate of drug-likeness (QED) is 0.501. The summed E-state index contributed by atoms with van der Waals surface area (Å²) in [6.07, 6.45) is 4.07. The summed E-state index contributed by atoms with van der Waals surface area (Å²) in [4.78, 5) is 20.4. The lowest BCUT2D eigenvalue weighted by molar-refractivity contribution is -0.0146. The van der Waals surface area contributed by atoms with E-state index in [1.807, 2.05) is 38.1 Å². The average molecular weight is 441 g/mol. The lowest BCUT2D eigenvalue weighted by Crippen LogP contribution is -2.31. The molecule has 0 spiro atoms. The van der Waals surface area contributed by atoms with Gasteiger partial charge in [-0.2, -0.15) is 0 Å². The van der Waals surface area contributed by atoms with Crippen LogP contribution in [0.3, 0.4) is 0 Å². The zero-order valence-corrected chi connectivity index (χ0v) is 18.5. The van der Waals surface area contributed by atoms with E-state index >= 15 is 0 Å². The number of ether oxygens (including phenoxy) is 2. The smallest absolute Gasteiger partial charge is 0.255 e. The number of benzene rings is 1. The van der Waals surface area contributed by atoms with E-state index < -0.39 is 5.60 Å². The van der Waals surface area contributed by atoms with Crippen molar-refractivity contribution in [1.82, 2.24) is 15.3 Å². The van der Waals surface area contributed by atoms with Crippen LogP contribution < -0.4 is 15.4 Å². The number of nitrogens with one attached hydrogen (secondary N) is 3. The van der Waals surface area contributed by atoms with Crippen molar-refractivity contribution in [1.29, 1.82) is 0 Å². The topological polar surface area (TPSA) is 88.3 Å². The van der Waals surface area contributed by atoms with Crippen LogP contribution in [0.25, 0.3) is 11.3 Å². The maximum absolute atomic E-state index is 12.7. The second kappa shape index (κ2) is 8.61. The van der Waals surface area contributed by atoms with E-state index in [-0.39, 0.29) is 5.91 Å². The van der Waals surface area contributed by atoms with E-state index in [0.717, 1.165) is 17.0 Å². The van der Waals surface area contributed by atoms with E-state index in [2.05, 4.69) is 20.6 Å². The molecule has 4 rings (SSSR count). The number of nitrogens with zero attached hydrogens (tertiary/aromatic N) is 1. The first-order chi connectivity index (χ1) is 14.9. The van der Waals surface area contributed by atoms with E-state index in [1.54, 1.807) is 25.6 Å². The zero-order chi connectivity index (χ0) is 22.0. The third-order valence-electron chi connectivity index (χ3n) is 5.28. The molecule has 1 amide bonds. The fraction of sp³-hybridized carbons (Fsp3) is 0.304.